The minimum Gasteiger partial charge on any atom is -0.488 e. The summed E-state index contributed by atoms with van der Waals surface area (Å²) < 4.78 is 50.4. The fourth-order valence-corrected chi connectivity index (χ4v) is 3.82. The van der Waals surface area contributed by atoms with Crippen molar-refractivity contribution in [3.63, 3.8) is 0 Å². The van der Waals surface area contributed by atoms with Crippen LogP contribution in [-0.2, 0) is 17.6 Å². The smallest absolute Gasteiger partial charge is 0.434 e. The molecule has 8 nitrogen and oxygen atoms in total. The summed E-state index contributed by atoms with van der Waals surface area (Å²) in [7, 11) is 0. The van der Waals surface area contributed by atoms with Crippen LogP contribution in [0.25, 0.3) is 11.0 Å². The van der Waals surface area contributed by atoms with E-state index in [4.69, 9.17) is 14.9 Å². The van der Waals surface area contributed by atoms with Crippen molar-refractivity contribution in [3.05, 3.63) is 45.1 Å². The zero-order valence-electron chi connectivity index (χ0n) is 16.4. The molecule has 0 aliphatic heterocycles. The molecule has 0 bridgehead atoms. The second kappa shape index (κ2) is 8.55. The predicted molar refractivity (Wildman–Crippen MR) is 105 cm³/mol. The molecule has 0 saturated heterocycles. The lowest BCUT2D eigenvalue weighted by Crippen LogP contribution is -2.46. The van der Waals surface area contributed by atoms with Crippen molar-refractivity contribution in [2.24, 2.45) is 5.73 Å². The number of furan rings is 1. The van der Waals surface area contributed by atoms with Crippen molar-refractivity contribution < 1.29 is 37.0 Å². The summed E-state index contributed by atoms with van der Waals surface area (Å²) in [5.74, 6) is -1.17. The summed E-state index contributed by atoms with van der Waals surface area (Å²) in [5.41, 5.74) is 4.55. The Morgan fingerprint density at radius 2 is 2.06 bits per heavy atom. The number of aromatic nitrogens is 1. The number of nitrogens with one attached hydrogen (secondary N) is 1. The van der Waals surface area contributed by atoms with Crippen molar-refractivity contribution in [2.45, 2.75) is 32.7 Å². The van der Waals surface area contributed by atoms with Crippen LogP contribution in [0.5, 0.6) is 5.75 Å². The molecule has 4 N–H and O–H groups in total. The minimum atomic E-state index is -4.59. The molecule has 2 aromatic heterocycles. The molecule has 2 amide bonds. The number of benzene rings is 1. The first-order valence-corrected chi connectivity index (χ1v) is 9.73. The highest BCUT2D eigenvalue weighted by Crippen LogP contribution is 2.35. The molecule has 0 fully saturated rings. The van der Waals surface area contributed by atoms with Crippen molar-refractivity contribution in [2.75, 3.05) is 6.61 Å². The van der Waals surface area contributed by atoms with E-state index < -0.39 is 36.3 Å². The van der Waals surface area contributed by atoms with Gasteiger partial charge in [0, 0.05) is 5.39 Å². The van der Waals surface area contributed by atoms with Gasteiger partial charge in [0.05, 0.1) is 22.1 Å². The summed E-state index contributed by atoms with van der Waals surface area (Å²) in [6.07, 6.45) is -4.59. The van der Waals surface area contributed by atoms with Gasteiger partial charge in [-0.3, -0.25) is 9.59 Å². The van der Waals surface area contributed by atoms with E-state index in [0.29, 0.717) is 11.0 Å². The number of fused-ring (bicyclic) bond motifs is 1. The van der Waals surface area contributed by atoms with Gasteiger partial charge in [0.15, 0.2) is 5.69 Å². The maximum absolute atomic E-state index is 13.1. The van der Waals surface area contributed by atoms with E-state index in [1.54, 1.807) is 0 Å². The van der Waals surface area contributed by atoms with Gasteiger partial charge in [-0.2, -0.15) is 13.2 Å². The number of aryl methyl sites for hydroxylation is 2. The van der Waals surface area contributed by atoms with E-state index in [1.807, 2.05) is 0 Å². The third kappa shape index (κ3) is 4.80. The molecule has 12 heteroatoms. The second-order valence-electron chi connectivity index (χ2n) is 6.59. The molecule has 2 heterocycles. The van der Waals surface area contributed by atoms with Crippen LogP contribution in [0.1, 0.15) is 31.7 Å². The van der Waals surface area contributed by atoms with E-state index >= 15 is 0 Å². The van der Waals surface area contributed by atoms with Gasteiger partial charge in [-0.25, -0.2) is 4.98 Å². The molecule has 0 spiro atoms. The predicted octanol–water partition coefficient (Wildman–Crippen LogP) is 2.68. The second-order valence-corrected chi connectivity index (χ2v) is 7.88. The van der Waals surface area contributed by atoms with E-state index in [0.717, 1.165) is 11.3 Å². The Morgan fingerprint density at radius 1 is 1.35 bits per heavy atom. The number of halogens is 3. The van der Waals surface area contributed by atoms with Gasteiger partial charge in [0.25, 0.3) is 5.91 Å². The number of rotatable bonds is 7. The first-order valence-electron chi connectivity index (χ1n) is 8.91. The Kier molecular flexibility index (Phi) is 6.23. The Bertz CT molecular complexity index is 1140. The summed E-state index contributed by atoms with van der Waals surface area (Å²) in [6, 6.07) is 3.16. The molecule has 3 aromatic rings. The number of amides is 2. The highest BCUT2D eigenvalue weighted by Gasteiger charge is 2.37. The average Bonchev–Trinajstić information content (AvgIpc) is 3.22. The largest absolute Gasteiger partial charge is 0.488 e. The zero-order chi connectivity index (χ0) is 22.9. The maximum atomic E-state index is 13.1. The van der Waals surface area contributed by atoms with Crippen LogP contribution in [0.3, 0.4) is 0 Å². The number of hydrogen-bond acceptors (Lipinski definition) is 7. The van der Waals surface area contributed by atoms with Gasteiger partial charge in [-0.15, -0.1) is 11.3 Å². The number of thiazole rings is 1. The lowest BCUT2D eigenvalue weighted by molar-refractivity contribution is -0.141. The minimum absolute atomic E-state index is 0.0707. The van der Waals surface area contributed by atoms with Crippen molar-refractivity contribution >= 4 is 34.1 Å². The molecule has 1 atom stereocenters. The molecular formula is C19H18F3N3O5S. The molecule has 0 aliphatic rings. The van der Waals surface area contributed by atoms with Gasteiger partial charge in [0.2, 0.25) is 5.91 Å². The van der Waals surface area contributed by atoms with E-state index in [2.05, 4.69) is 10.3 Å². The highest BCUT2D eigenvalue weighted by molar-refractivity contribution is 7.11. The number of alkyl halides is 3. The number of aliphatic hydroxyl groups excluding tert-OH is 1. The Balaban J connectivity index is 1.87. The van der Waals surface area contributed by atoms with Crippen LogP contribution in [0.2, 0.25) is 0 Å². The Morgan fingerprint density at radius 3 is 2.68 bits per heavy atom. The number of ether oxygens (including phenoxy) is 1. The zero-order valence-corrected chi connectivity index (χ0v) is 17.2. The van der Waals surface area contributed by atoms with Gasteiger partial charge in [-0.1, -0.05) is 0 Å². The molecule has 1 unspecified atom stereocenters. The summed E-state index contributed by atoms with van der Waals surface area (Å²) in [6.45, 7) is 1.96. The summed E-state index contributed by atoms with van der Waals surface area (Å²) in [4.78, 5) is 27.3. The molecule has 0 saturated carbocycles. The number of carbonyl (C=O) groups excluding carboxylic acids is 2. The quantitative estimate of drug-likeness (QED) is 0.501. The van der Waals surface area contributed by atoms with Crippen LogP contribution >= 0.6 is 11.3 Å². The Labute approximate surface area is 177 Å². The molecule has 31 heavy (non-hydrogen) atoms. The molecular weight excluding hydrogens is 439 g/mol. The molecule has 3 rings (SSSR count). The van der Waals surface area contributed by atoms with Crippen LogP contribution in [-0.4, -0.2) is 34.6 Å². The first-order chi connectivity index (χ1) is 14.5. The third-order valence-electron chi connectivity index (χ3n) is 4.34. The fraction of sp³-hybridized carbons (Fsp3) is 0.316. The van der Waals surface area contributed by atoms with Gasteiger partial charge < -0.3 is 25.3 Å². The van der Waals surface area contributed by atoms with Gasteiger partial charge >= 0.3 is 6.18 Å². The lowest BCUT2D eigenvalue weighted by Gasteiger charge is -2.12. The topological polar surface area (TPSA) is 128 Å². The standard InChI is InChI=1S/C19H18F3N3O5S/c1-8-15(18(28)25-12(6-26)17(23)27)11-5-10(3-4-13(11)30-8)29-7-14-16(19(20,21)22)24-9(2)31-14/h3-5,12,26H,6-7H2,1-2H3,(H2,23,27)(H,25,28). The molecule has 1 aromatic carbocycles. The maximum Gasteiger partial charge on any atom is 0.434 e. The number of nitrogens with zero attached hydrogens (tertiary/aromatic N) is 1. The number of carbonyl (C=O) groups is 2. The van der Waals surface area contributed by atoms with Crippen LogP contribution < -0.4 is 15.8 Å². The third-order valence-corrected chi connectivity index (χ3v) is 5.28. The highest BCUT2D eigenvalue weighted by atomic mass is 32.1. The number of nitrogens with two attached hydrogens (primary N) is 1. The normalized spacial score (nSPS) is 12.7. The van der Waals surface area contributed by atoms with Gasteiger partial charge in [0.1, 0.15) is 29.7 Å². The van der Waals surface area contributed by atoms with Crippen molar-refractivity contribution in [1.29, 1.82) is 0 Å². The number of primary amides is 1. The number of hydrogen-bond donors (Lipinski definition) is 3. The van der Waals surface area contributed by atoms with Gasteiger partial charge in [-0.05, 0) is 32.0 Å². The van der Waals surface area contributed by atoms with E-state index in [9.17, 15) is 27.9 Å². The monoisotopic (exact) mass is 457 g/mol. The summed E-state index contributed by atoms with van der Waals surface area (Å²) >= 11 is 0.882. The lowest BCUT2D eigenvalue weighted by atomic mass is 10.1. The van der Waals surface area contributed by atoms with E-state index in [1.165, 1.54) is 32.0 Å². The van der Waals surface area contributed by atoms with Crippen LogP contribution in [0.15, 0.2) is 22.6 Å². The molecule has 0 radical (unpaired) electrons. The van der Waals surface area contributed by atoms with Crippen molar-refractivity contribution in [1.82, 2.24) is 10.3 Å². The van der Waals surface area contributed by atoms with Crippen LogP contribution in [0, 0.1) is 13.8 Å². The fourth-order valence-electron chi connectivity index (χ4n) is 2.95. The van der Waals surface area contributed by atoms with Crippen LogP contribution in [0.4, 0.5) is 13.2 Å². The molecule has 166 valence electrons. The van der Waals surface area contributed by atoms with Crippen molar-refractivity contribution in [3.8, 4) is 5.75 Å². The summed E-state index contributed by atoms with van der Waals surface area (Å²) in [5, 5.41) is 12.1. The molecule has 0 aliphatic carbocycles. The SMILES string of the molecule is Cc1nc(C(F)(F)F)c(COc2ccc3oc(C)c(C(=O)NC(CO)C(N)=O)c3c2)s1. The van der Waals surface area contributed by atoms with E-state index in [-0.39, 0.29) is 33.6 Å². The Hall–Kier alpha value is -3.12. The average molecular weight is 457 g/mol. The number of aliphatic hydroxyl groups is 1. The first kappa shape index (κ1) is 22.6.